The number of ketones is 1. The number of rotatable bonds is 16. The first kappa shape index (κ1) is 30.0. The van der Waals surface area contributed by atoms with Crippen LogP contribution in [0.4, 0.5) is 0 Å². The number of Topliss-reactive ketones (excluding diaryl/α,β-unsaturated/α-hetero) is 1. The lowest BCUT2D eigenvalue weighted by atomic mass is 9.89. The van der Waals surface area contributed by atoms with Gasteiger partial charge in [-0.1, -0.05) is 50.5 Å². The van der Waals surface area contributed by atoms with Crippen molar-refractivity contribution in [1.29, 1.82) is 0 Å². The van der Waals surface area contributed by atoms with Gasteiger partial charge in [-0.15, -0.1) is 0 Å². The molecule has 3 rings (SSSR count). The molecule has 2 aliphatic heterocycles. The van der Waals surface area contributed by atoms with E-state index in [1.165, 1.54) is 0 Å². The Kier molecular flexibility index (Phi) is 13.9. The number of allylic oxidation sites excluding steroid dienone is 3. The Balaban J connectivity index is 1.65. The van der Waals surface area contributed by atoms with Gasteiger partial charge in [0.2, 0.25) is 0 Å². The highest BCUT2D eigenvalue weighted by Crippen LogP contribution is 2.37. The molecule has 1 aliphatic carbocycles. The van der Waals surface area contributed by atoms with E-state index in [-0.39, 0.29) is 48.8 Å². The summed E-state index contributed by atoms with van der Waals surface area (Å²) < 4.78 is 24.3. The van der Waals surface area contributed by atoms with Crippen LogP contribution in [0.25, 0.3) is 0 Å². The Bertz CT molecular complexity index is 721. The van der Waals surface area contributed by atoms with Crippen LogP contribution in [-0.2, 0) is 28.5 Å². The van der Waals surface area contributed by atoms with Crippen molar-refractivity contribution in [2.75, 3.05) is 13.2 Å². The van der Waals surface area contributed by atoms with Gasteiger partial charge in [0.15, 0.2) is 12.6 Å². The molecule has 1 N–H and O–H groups in total. The molecule has 3 aliphatic rings. The standard InChI is InChI=1S/C30H48O7/c1-2-3-6-13-23(36-29-16-9-11-20-34-29)18-19-24-25(14-7-4-5-8-15-28(32)33)27(22-26(24)31)37-30-17-10-12-21-35-30/h4,7,18-19,23-25,27,29-30H,2-3,5-6,8-17,20-22H2,1H3,(H,32,33)/b7-4-,19-18+/t23-,24-,25-,27+,29?,30?/m1/s1. The summed E-state index contributed by atoms with van der Waals surface area (Å²) in [7, 11) is 0. The van der Waals surface area contributed by atoms with E-state index in [9.17, 15) is 9.59 Å². The van der Waals surface area contributed by atoms with E-state index in [0.717, 1.165) is 83.7 Å². The largest absolute Gasteiger partial charge is 0.481 e. The van der Waals surface area contributed by atoms with E-state index < -0.39 is 5.97 Å². The molecule has 3 fully saturated rings. The first-order chi connectivity index (χ1) is 18.1. The van der Waals surface area contributed by atoms with Gasteiger partial charge in [0.1, 0.15) is 5.78 Å². The maximum atomic E-state index is 13.2. The quantitative estimate of drug-likeness (QED) is 0.187. The minimum atomic E-state index is -0.768. The smallest absolute Gasteiger partial charge is 0.303 e. The Morgan fingerprint density at radius 2 is 1.81 bits per heavy atom. The van der Waals surface area contributed by atoms with Crippen LogP contribution < -0.4 is 0 Å². The van der Waals surface area contributed by atoms with E-state index in [4.69, 9.17) is 24.1 Å². The summed E-state index contributed by atoms with van der Waals surface area (Å²) >= 11 is 0. The molecule has 0 aromatic rings. The number of carboxylic acids is 1. The fourth-order valence-corrected chi connectivity index (χ4v) is 5.47. The van der Waals surface area contributed by atoms with Crippen molar-refractivity contribution in [2.45, 2.75) is 128 Å². The molecule has 2 saturated heterocycles. The van der Waals surface area contributed by atoms with Gasteiger partial charge in [-0.05, 0) is 64.2 Å². The molecule has 6 atom stereocenters. The second-order valence-electron chi connectivity index (χ2n) is 10.7. The number of aliphatic carboxylic acids is 1. The predicted molar refractivity (Wildman–Crippen MR) is 142 cm³/mol. The third-order valence-electron chi connectivity index (χ3n) is 7.60. The van der Waals surface area contributed by atoms with Crippen molar-refractivity contribution >= 4 is 11.8 Å². The van der Waals surface area contributed by atoms with Crippen LogP contribution in [0, 0.1) is 11.8 Å². The van der Waals surface area contributed by atoms with Gasteiger partial charge >= 0.3 is 5.97 Å². The molecule has 0 aromatic carbocycles. The molecule has 2 heterocycles. The minimum absolute atomic E-state index is 0.0345. The molecular weight excluding hydrogens is 472 g/mol. The maximum Gasteiger partial charge on any atom is 0.303 e. The molecule has 0 aromatic heterocycles. The highest BCUT2D eigenvalue weighted by Gasteiger charge is 2.42. The first-order valence-electron chi connectivity index (χ1n) is 14.7. The zero-order valence-electron chi connectivity index (χ0n) is 22.7. The lowest BCUT2D eigenvalue weighted by Crippen LogP contribution is -2.31. The van der Waals surface area contributed by atoms with Gasteiger partial charge in [-0.2, -0.15) is 0 Å². The fraction of sp³-hybridized carbons (Fsp3) is 0.800. The number of carbonyl (C=O) groups is 2. The molecule has 0 radical (unpaired) electrons. The Morgan fingerprint density at radius 3 is 2.49 bits per heavy atom. The second-order valence-corrected chi connectivity index (χ2v) is 10.7. The Labute approximate surface area is 222 Å². The van der Waals surface area contributed by atoms with Gasteiger partial charge in [0.25, 0.3) is 0 Å². The summed E-state index contributed by atoms with van der Waals surface area (Å²) in [6, 6.07) is 0. The van der Waals surface area contributed by atoms with Crippen LogP contribution in [0.2, 0.25) is 0 Å². The van der Waals surface area contributed by atoms with Crippen LogP contribution in [0.5, 0.6) is 0 Å². The molecule has 0 spiro atoms. The topological polar surface area (TPSA) is 91.3 Å². The van der Waals surface area contributed by atoms with Crippen LogP contribution in [0.15, 0.2) is 24.3 Å². The van der Waals surface area contributed by atoms with Crippen LogP contribution >= 0.6 is 0 Å². The number of ether oxygens (including phenoxy) is 4. The highest BCUT2D eigenvalue weighted by atomic mass is 16.7. The van der Waals surface area contributed by atoms with Crippen molar-refractivity contribution in [1.82, 2.24) is 0 Å². The third-order valence-corrected chi connectivity index (χ3v) is 7.60. The molecule has 7 nitrogen and oxygen atoms in total. The van der Waals surface area contributed by atoms with Crippen molar-refractivity contribution in [3.05, 3.63) is 24.3 Å². The van der Waals surface area contributed by atoms with E-state index in [0.29, 0.717) is 19.4 Å². The van der Waals surface area contributed by atoms with Gasteiger partial charge < -0.3 is 24.1 Å². The second kappa shape index (κ2) is 17.1. The van der Waals surface area contributed by atoms with E-state index in [1.807, 2.05) is 6.08 Å². The highest BCUT2D eigenvalue weighted by molar-refractivity contribution is 5.86. The van der Waals surface area contributed by atoms with E-state index in [2.05, 4.69) is 25.2 Å². The lowest BCUT2D eigenvalue weighted by molar-refractivity contribution is -0.195. The zero-order valence-corrected chi connectivity index (χ0v) is 22.7. The zero-order chi connectivity index (χ0) is 26.3. The molecule has 2 unspecified atom stereocenters. The number of carboxylic acid groups (broad SMARTS) is 1. The SMILES string of the molecule is CCCCC[C@H](/C=C/[C@H]1C(=O)C[C@H](OC2CCCCO2)[C@@H]1C/C=C\CCCC(=O)O)OC1CCCCO1. The average molecular weight is 521 g/mol. The molecule has 210 valence electrons. The summed E-state index contributed by atoms with van der Waals surface area (Å²) in [6.07, 6.45) is 20.8. The van der Waals surface area contributed by atoms with Crippen molar-refractivity contribution < 1.29 is 33.6 Å². The number of hydrogen-bond acceptors (Lipinski definition) is 6. The monoisotopic (exact) mass is 520 g/mol. The normalized spacial score (nSPS) is 29.9. The van der Waals surface area contributed by atoms with Gasteiger partial charge in [-0.3, -0.25) is 9.59 Å². The average Bonchev–Trinajstić information content (AvgIpc) is 3.19. The van der Waals surface area contributed by atoms with Crippen molar-refractivity contribution in [3.63, 3.8) is 0 Å². The van der Waals surface area contributed by atoms with Crippen LogP contribution in [0.1, 0.15) is 103 Å². The molecule has 7 heteroatoms. The number of hydrogen-bond donors (Lipinski definition) is 1. The third kappa shape index (κ3) is 11.0. The van der Waals surface area contributed by atoms with Gasteiger partial charge in [-0.25, -0.2) is 0 Å². The van der Waals surface area contributed by atoms with E-state index in [1.54, 1.807) is 0 Å². The predicted octanol–water partition coefficient (Wildman–Crippen LogP) is 6.35. The fourth-order valence-electron chi connectivity index (χ4n) is 5.47. The van der Waals surface area contributed by atoms with E-state index >= 15 is 0 Å². The van der Waals surface area contributed by atoms with Crippen LogP contribution in [-0.4, -0.2) is 54.9 Å². The minimum Gasteiger partial charge on any atom is -0.481 e. The first-order valence-corrected chi connectivity index (χ1v) is 14.7. The van der Waals surface area contributed by atoms with Crippen molar-refractivity contribution in [2.24, 2.45) is 11.8 Å². The molecule has 0 bridgehead atoms. The summed E-state index contributed by atoms with van der Waals surface area (Å²) in [5.41, 5.74) is 0. The molecule has 1 saturated carbocycles. The van der Waals surface area contributed by atoms with Gasteiger partial charge in [0.05, 0.1) is 12.2 Å². The number of carbonyl (C=O) groups excluding carboxylic acids is 1. The summed E-state index contributed by atoms with van der Waals surface area (Å²) in [5.74, 6) is -0.744. The summed E-state index contributed by atoms with van der Waals surface area (Å²) in [6.45, 7) is 3.66. The maximum absolute atomic E-state index is 13.2. The lowest BCUT2D eigenvalue weighted by Gasteiger charge is -2.29. The van der Waals surface area contributed by atoms with Crippen LogP contribution in [0.3, 0.4) is 0 Å². The Morgan fingerprint density at radius 1 is 1.05 bits per heavy atom. The Hall–Kier alpha value is -1.54. The van der Waals surface area contributed by atoms with Crippen molar-refractivity contribution in [3.8, 4) is 0 Å². The number of unbranched alkanes of at least 4 members (excludes halogenated alkanes) is 3. The van der Waals surface area contributed by atoms with Gasteiger partial charge in [0, 0.05) is 37.9 Å². The molecule has 0 amide bonds. The molecular formula is C30H48O7. The summed E-state index contributed by atoms with van der Waals surface area (Å²) in [5, 5.41) is 8.86. The summed E-state index contributed by atoms with van der Waals surface area (Å²) in [4.78, 5) is 24.0. The molecule has 37 heavy (non-hydrogen) atoms.